The van der Waals surface area contributed by atoms with E-state index in [4.69, 9.17) is 0 Å². The molecule has 7 heteroatoms. The Labute approximate surface area is 194 Å². The Morgan fingerprint density at radius 3 is 1.91 bits per heavy atom. The third-order valence-corrected chi connectivity index (χ3v) is 8.07. The molecule has 0 aromatic heterocycles. The predicted molar refractivity (Wildman–Crippen MR) is 131 cm³/mol. The zero-order valence-corrected chi connectivity index (χ0v) is 19.8. The van der Waals surface area contributed by atoms with Crippen LogP contribution < -0.4 is 4.90 Å². The first-order valence-electron chi connectivity index (χ1n) is 11.3. The van der Waals surface area contributed by atoms with Gasteiger partial charge in [-0.05, 0) is 74.3 Å². The van der Waals surface area contributed by atoms with Gasteiger partial charge in [0.25, 0.3) is 11.8 Å². The molecule has 0 N–H and O–H groups in total. The second kappa shape index (κ2) is 9.45. The zero-order chi connectivity index (χ0) is 23.6. The first kappa shape index (κ1) is 23.1. The molecular formula is C26H28N2O4S. The Morgan fingerprint density at radius 1 is 0.788 bits per heavy atom. The Morgan fingerprint density at radius 2 is 1.36 bits per heavy atom. The number of sulfone groups is 1. The van der Waals surface area contributed by atoms with E-state index in [-0.39, 0.29) is 10.6 Å². The summed E-state index contributed by atoms with van der Waals surface area (Å²) in [4.78, 5) is 29.9. The number of anilines is 1. The molecule has 3 aromatic rings. The second-order valence-electron chi connectivity index (χ2n) is 8.20. The van der Waals surface area contributed by atoms with Gasteiger partial charge in [0.05, 0.1) is 16.3 Å². The smallest absolute Gasteiger partial charge is 0.265 e. The lowest BCUT2D eigenvalue weighted by atomic mass is 9.94. The summed E-state index contributed by atoms with van der Waals surface area (Å²) in [6.45, 7) is 6.99. The normalized spacial score (nSPS) is 13.8. The first-order valence-corrected chi connectivity index (χ1v) is 13.0. The molecule has 0 saturated heterocycles. The van der Waals surface area contributed by atoms with Crippen LogP contribution in [0.3, 0.4) is 0 Å². The van der Waals surface area contributed by atoms with Crippen LogP contribution in [0.1, 0.15) is 47.4 Å². The Bertz CT molecular complexity index is 1240. The molecule has 0 radical (unpaired) electrons. The number of nitrogens with zero attached hydrogens (tertiary/aromatic N) is 2. The number of rotatable bonds is 9. The van der Waals surface area contributed by atoms with Crippen LogP contribution in [0.15, 0.2) is 65.6 Å². The van der Waals surface area contributed by atoms with Gasteiger partial charge in [-0.15, -0.1) is 0 Å². The number of benzene rings is 3. The van der Waals surface area contributed by atoms with Crippen LogP contribution in [0.2, 0.25) is 0 Å². The van der Waals surface area contributed by atoms with Crippen molar-refractivity contribution in [3.63, 3.8) is 0 Å². The highest BCUT2D eigenvalue weighted by Gasteiger charge is 2.33. The van der Waals surface area contributed by atoms with Gasteiger partial charge >= 0.3 is 0 Å². The number of amides is 2. The summed E-state index contributed by atoms with van der Waals surface area (Å²) in [5, 5.41) is 1.50. The molecule has 6 nitrogen and oxygen atoms in total. The maximum absolute atomic E-state index is 13.2. The topological polar surface area (TPSA) is 74.8 Å². The maximum atomic E-state index is 13.2. The average Bonchev–Trinajstić information content (AvgIpc) is 2.83. The average molecular weight is 465 g/mol. The van der Waals surface area contributed by atoms with E-state index in [0.717, 1.165) is 36.3 Å². The second-order valence-corrected chi connectivity index (χ2v) is 10.3. The lowest BCUT2D eigenvalue weighted by Gasteiger charge is -2.27. The third kappa shape index (κ3) is 4.43. The molecule has 0 unspecified atom stereocenters. The third-order valence-electron chi connectivity index (χ3n) is 6.26. The van der Waals surface area contributed by atoms with E-state index in [9.17, 15) is 18.0 Å². The molecule has 4 rings (SSSR count). The lowest BCUT2D eigenvalue weighted by Crippen LogP contribution is -2.40. The number of carbonyl (C=O) groups excluding carboxylic acids is 2. The maximum Gasteiger partial charge on any atom is 0.265 e. The molecule has 0 fully saturated rings. The molecule has 33 heavy (non-hydrogen) atoms. The number of imide groups is 1. The molecular weight excluding hydrogens is 436 g/mol. The predicted octanol–water partition coefficient (Wildman–Crippen LogP) is 4.54. The van der Waals surface area contributed by atoms with Gasteiger partial charge in [-0.2, -0.15) is 0 Å². The molecule has 1 heterocycles. The van der Waals surface area contributed by atoms with Crippen molar-refractivity contribution in [2.75, 3.05) is 30.3 Å². The van der Waals surface area contributed by atoms with E-state index in [2.05, 4.69) is 18.7 Å². The number of hydrogen-bond donors (Lipinski definition) is 0. The van der Waals surface area contributed by atoms with Crippen molar-refractivity contribution in [2.45, 2.75) is 31.6 Å². The van der Waals surface area contributed by atoms with Crippen molar-refractivity contribution < 1.29 is 18.0 Å². The largest absolute Gasteiger partial charge is 0.304 e. The van der Waals surface area contributed by atoms with Crippen molar-refractivity contribution in [2.24, 2.45) is 0 Å². The van der Waals surface area contributed by atoms with Gasteiger partial charge in [0.15, 0.2) is 9.84 Å². The monoisotopic (exact) mass is 464 g/mol. The minimum atomic E-state index is -3.43. The molecule has 0 bridgehead atoms. The lowest BCUT2D eigenvalue weighted by molar-refractivity contribution is 0.0893. The highest BCUT2D eigenvalue weighted by Crippen LogP contribution is 2.33. The quantitative estimate of drug-likeness (QED) is 0.343. The molecule has 0 saturated carbocycles. The summed E-state index contributed by atoms with van der Waals surface area (Å²) < 4.78 is 25.5. The van der Waals surface area contributed by atoms with E-state index in [0.29, 0.717) is 28.6 Å². The van der Waals surface area contributed by atoms with Gasteiger partial charge in [0.2, 0.25) is 0 Å². The Kier molecular flexibility index (Phi) is 6.63. The van der Waals surface area contributed by atoms with E-state index in [1.165, 1.54) is 24.3 Å². The van der Waals surface area contributed by atoms with Gasteiger partial charge in [0.1, 0.15) is 0 Å². The van der Waals surface area contributed by atoms with Crippen LogP contribution in [0.25, 0.3) is 10.8 Å². The summed E-state index contributed by atoms with van der Waals surface area (Å²) in [6.07, 6.45) is 1.41. The first-order chi connectivity index (χ1) is 15.9. The molecule has 1 aliphatic heterocycles. The summed E-state index contributed by atoms with van der Waals surface area (Å²) >= 11 is 0. The van der Waals surface area contributed by atoms with Gasteiger partial charge in [0, 0.05) is 16.5 Å². The van der Waals surface area contributed by atoms with Crippen molar-refractivity contribution in [1.82, 2.24) is 4.90 Å². The van der Waals surface area contributed by atoms with Crippen LogP contribution in [-0.2, 0) is 9.84 Å². The van der Waals surface area contributed by atoms with Gasteiger partial charge in [-0.25, -0.2) is 13.3 Å². The number of hydrogen-bond acceptors (Lipinski definition) is 5. The van der Waals surface area contributed by atoms with Crippen LogP contribution in [0.5, 0.6) is 0 Å². The van der Waals surface area contributed by atoms with E-state index in [1.807, 2.05) is 12.1 Å². The Balaban J connectivity index is 1.53. The van der Waals surface area contributed by atoms with Crippen molar-refractivity contribution in [1.29, 1.82) is 0 Å². The van der Waals surface area contributed by atoms with Crippen LogP contribution in [0.4, 0.5) is 5.69 Å². The van der Waals surface area contributed by atoms with E-state index < -0.39 is 21.7 Å². The highest BCUT2D eigenvalue weighted by molar-refractivity contribution is 7.91. The van der Waals surface area contributed by atoms with Gasteiger partial charge < -0.3 is 4.90 Å². The summed E-state index contributed by atoms with van der Waals surface area (Å²) in [5.41, 5.74) is 1.29. The standard InChI is InChI=1S/C26H28N2O4S/c1-3-27(4-2)17-5-6-18-33(31,32)21-15-13-20(14-16-21)28-25(29)22-11-7-9-19-10-8-12-23(24(19)22)26(28)30/h7-16H,3-6,17-18H2,1-2H3. The van der Waals surface area contributed by atoms with Crippen LogP contribution in [-0.4, -0.2) is 50.5 Å². The Hall–Kier alpha value is -3.03. The minimum absolute atomic E-state index is 0.0740. The SMILES string of the molecule is CCN(CC)CCCCS(=O)(=O)c1ccc(N2C(=O)c3cccc4cccc(c34)C2=O)cc1. The highest BCUT2D eigenvalue weighted by atomic mass is 32.2. The molecule has 0 spiro atoms. The van der Waals surface area contributed by atoms with Crippen molar-refractivity contribution in [3.8, 4) is 0 Å². The molecule has 3 aromatic carbocycles. The molecule has 0 atom stereocenters. The molecule has 172 valence electrons. The van der Waals surface area contributed by atoms with Crippen LogP contribution >= 0.6 is 0 Å². The fraction of sp³-hybridized carbons (Fsp3) is 0.308. The van der Waals surface area contributed by atoms with Gasteiger partial charge in [-0.3, -0.25) is 9.59 Å². The van der Waals surface area contributed by atoms with Crippen LogP contribution in [0, 0.1) is 0 Å². The summed E-state index contributed by atoms with van der Waals surface area (Å²) in [6, 6.07) is 16.8. The van der Waals surface area contributed by atoms with E-state index in [1.54, 1.807) is 24.3 Å². The molecule has 0 aliphatic carbocycles. The fourth-order valence-corrected chi connectivity index (χ4v) is 5.72. The number of unbranched alkanes of at least 4 members (excludes halogenated alkanes) is 1. The molecule has 2 amide bonds. The zero-order valence-electron chi connectivity index (χ0n) is 19.0. The summed E-state index contributed by atoms with van der Waals surface area (Å²) in [7, 11) is -3.43. The number of carbonyl (C=O) groups is 2. The van der Waals surface area contributed by atoms with Gasteiger partial charge in [-0.1, -0.05) is 38.1 Å². The van der Waals surface area contributed by atoms with E-state index >= 15 is 0 Å². The minimum Gasteiger partial charge on any atom is -0.304 e. The van der Waals surface area contributed by atoms with Crippen molar-refractivity contribution in [3.05, 3.63) is 71.8 Å². The molecule has 1 aliphatic rings. The van der Waals surface area contributed by atoms with Crippen molar-refractivity contribution >= 4 is 38.1 Å². The fourth-order valence-electron chi connectivity index (χ4n) is 4.35. The summed E-state index contributed by atoms with van der Waals surface area (Å²) in [5.74, 6) is -0.738.